The average Bonchev–Trinajstić information content (AvgIpc) is 2.72. The molecule has 11 heteroatoms. The molecule has 0 fully saturated rings. The minimum Gasteiger partial charge on any atom is -0.483 e. The molecule has 0 unspecified atom stereocenters. The SMILES string of the molecule is Nc1[nH]c(=O)c(C(=O)O)c(-c2cc(Br)ccc2OCC(=O)Nc2ccccc2)c1C(=O)O. The van der Waals surface area contributed by atoms with Crippen LogP contribution in [0.2, 0.25) is 0 Å². The van der Waals surface area contributed by atoms with E-state index in [4.69, 9.17) is 10.5 Å². The number of ether oxygens (including phenoxy) is 1. The molecule has 0 atom stereocenters. The van der Waals surface area contributed by atoms with Gasteiger partial charge >= 0.3 is 11.9 Å². The van der Waals surface area contributed by atoms with Crippen LogP contribution >= 0.6 is 15.9 Å². The summed E-state index contributed by atoms with van der Waals surface area (Å²) >= 11 is 3.23. The number of benzene rings is 2. The van der Waals surface area contributed by atoms with Crippen molar-refractivity contribution in [3.63, 3.8) is 0 Å². The van der Waals surface area contributed by atoms with Crippen LogP contribution in [0.5, 0.6) is 5.75 Å². The van der Waals surface area contributed by atoms with E-state index in [9.17, 15) is 29.4 Å². The minimum absolute atomic E-state index is 0.0218. The van der Waals surface area contributed by atoms with Crippen LogP contribution in [0.4, 0.5) is 11.5 Å². The standard InChI is InChI=1S/C21H16BrN3O7/c22-10-6-7-13(32-9-14(26)24-11-4-2-1-3-5-11)12(8-10)15-16(20(28)29)18(23)25-19(27)17(15)21(30)31/h1-8H,9H2,(H,24,26)(H,28,29)(H,30,31)(H3,23,25,27). The van der Waals surface area contributed by atoms with Crippen LogP contribution in [0.1, 0.15) is 20.7 Å². The Hall–Kier alpha value is -4.12. The van der Waals surface area contributed by atoms with Crippen molar-refractivity contribution in [2.24, 2.45) is 0 Å². The number of hydrogen-bond acceptors (Lipinski definition) is 6. The number of hydrogen-bond donors (Lipinski definition) is 5. The summed E-state index contributed by atoms with van der Waals surface area (Å²) in [5, 5.41) is 21.8. The topological polar surface area (TPSA) is 172 Å². The number of nitrogens with one attached hydrogen (secondary N) is 2. The number of nitrogens with two attached hydrogens (primary N) is 1. The highest BCUT2D eigenvalue weighted by atomic mass is 79.9. The molecular weight excluding hydrogens is 486 g/mol. The largest absolute Gasteiger partial charge is 0.483 e. The molecule has 0 saturated carbocycles. The number of amides is 1. The molecule has 6 N–H and O–H groups in total. The first-order valence-electron chi connectivity index (χ1n) is 8.99. The lowest BCUT2D eigenvalue weighted by Gasteiger charge is -2.16. The summed E-state index contributed by atoms with van der Waals surface area (Å²) in [5.74, 6) is -4.26. The summed E-state index contributed by atoms with van der Waals surface area (Å²) in [7, 11) is 0. The molecule has 2 aromatic carbocycles. The van der Waals surface area contributed by atoms with E-state index in [0.717, 1.165) is 0 Å². The lowest BCUT2D eigenvalue weighted by Crippen LogP contribution is -2.24. The molecular formula is C21H16BrN3O7. The third-order valence-corrected chi connectivity index (χ3v) is 4.79. The van der Waals surface area contributed by atoms with Gasteiger partial charge in [-0.25, -0.2) is 9.59 Å². The predicted octanol–water partition coefficient (Wildman–Crippen LogP) is 2.80. The van der Waals surface area contributed by atoms with Gasteiger partial charge in [0.25, 0.3) is 11.5 Å². The highest BCUT2D eigenvalue weighted by Gasteiger charge is 2.28. The van der Waals surface area contributed by atoms with E-state index in [1.165, 1.54) is 12.1 Å². The van der Waals surface area contributed by atoms with Crippen molar-refractivity contribution in [2.45, 2.75) is 0 Å². The minimum atomic E-state index is -1.66. The quantitative estimate of drug-likeness (QED) is 0.328. The van der Waals surface area contributed by atoms with Crippen molar-refractivity contribution in [3.8, 4) is 16.9 Å². The van der Waals surface area contributed by atoms with E-state index in [-0.39, 0.29) is 11.3 Å². The molecule has 3 rings (SSSR count). The summed E-state index contributed by atoms with van der Waals surface area (Å²) in [6.45, 7) is -0.465. The maximum Gasteiger partial charge on any atom is 0.342 e. The van der Waals surface area contributed by atoms with Crippen LogP contribution < -0.4 is 21.3 Å². The molecule has 0 aliphatic carbocycles. The van der Waals surface area contributed by atoms with Crippen molar-refractivity contribution in [2.75, 3.05) is 17.7 Å². The molecule has 10 nitrogen and oxygen atoms in total. The molecule has 0 aliphatic heterocycles. The van der Waals surface area contributed by atoms with E-state index in [1.807, 2.05) is 4.98 Å². The Kier molecular flexibility index (Phi) is 6.59. The number of aromatic nitrogens is 1. The van der Waals surface area contributed by atoms with Crippen molar-refractivity contribution in [1.82, 2.24) is 4.98 Å². The van der Waals surface area contributed by atoms with Gasteiger partial charge < -0.3 is 31.0 Å². The van der Waals surface area contributed by atoms with E-state index in [2.05, 4.69) is 21.2 Å². The Bertz CT molecular complexity index is 1270. The first kappa shape index (κ1) is 22.6. The second-order valence-corrected chi connectivity index (χ2v) is 7.36. The average molecular weight is 502 g/mol. The molecule has 32 heavy (non-hydrogen) atoms. The van der Waals surface area contributed by atoms with Crippen LogP contribution in [0.15, 0.2) is 57.8 Å². The normalized spacial score (nSPS) is 10.4. The van der Waals surface area contributed by atoms with Crippen LogP contribution in [0.25, 0.3) is 11.1 Å². The van der Waals surface area contributed by atoms with E-state index in [0.29, 0.717) is 10.2 Å². The van der Waals surface area contributed by atoms with Crippen molar-refractivity contribution in [1.29, 1.82) is 0 Å². The highest BCUT2D eigenvalue weighted by molar-refractivity contribution is 9.10. The van der Waals surface area contributed by atoms with Gasteiger partial charge in [0.2, 0.25) is 0 Å². The van der Waals surface area contributed by atoms with Gasteiger partial charge in [0, 0.05) is 21.3 Å². The fraction of sp³-hybridized carbons (Fsp3) is 0.0476. The molecule has 0 saturated heterocycles. The number of carbonyl (C=O) groups excluding carboxylic acids is 1. The zero-order valence-electron chi connectivity index (χ0n) is 16.2. The van der Waals surface area contributed by atoms with Crippen LogP contribution in [0.3, 0.4) is 0 Å². The summed E-state index contributed by atoms with van der Waals surface area (Å²) in [6, 6.07) is 12.9. The van der Waals surface area contributed by atoms with E-state index in [1.54, 1.807) is 36.4 Å². The van der Waals surface area contributed by atoms with Gasteiger partial charge in [0.05, 0.1) is 0 Å². The number of carboxylic acids is 2. The smallest absolute Gasteiger partial charge is 0.342 e. The molecule has 1 amide bonds. The predicted molar refractivity (Wildman–Crippen MR) is 119 cm³/mol. The molecule has 3 aromatic rings. The summed E-state index contributed by atoms with van der Waals surface area (Å²) in [5.41, 5.74) is 3.22. The second-order valence-electron chi connectivity index (χ2n) is 6.45. The monoisotopic (exact) mass is 501 g/mol. The van der Waals surface area contributed by atoms with Gasteiger partial charge in [-0.05, 0) is 30.3 Å². The number of carboxylic acid groups (broad SMARTS) is 2. The number of para-hydroxylation sites is 1. The van der Waals surface area contributed by atoms with Gasteiger partial charge in [-0.3, -0.25) is 9.59 Å². The Morgan fingerprint density at radius 1 is 1.03 bits per heavy atom. The first-order valence-corrected chi connectivity index (χ1v) is 9.78. The van der Waals surface area contributed by atoms with Gasteiger partial charge in [0.1, 0.15) is 22.7 Å². The van der Waals surface area contributed by atoms with Gasteiger partial charge in [-0.2, -0.15) is 0 Å². The molecule has 164 valence electrons. The summed E-state index contributed by atoms with van der Waals surface area (Å²) < 4.78 is 6.00. The zero-order chi connectivity index (χ0) is 23.4. The number of carbonyl (C=O) groups is 3. The Morgan fingerprint density at radius 2 is 1.69 bits per heavy atom. The highest BCUT2D eigenvalue weighted by Crippen LogP contribution is 2.37. The number of H-pyrrole nitrogens is 1. The molecule has 0 radical (unpaired) electrons. The van der Waals surface area contributed by atoms with E-state index < -0.39 is 52.5 Å². The molecule has 1 heterocycles. The number of pyridine rings is 1. The van der Waals surface area contributed by atoms with Gasteiger partial charge in [-0.15, -0.1) is 0 Å². The Balaban J connectivity index is 2.07. The first-order chi connectivity index (χ1) is 15.2. The maximum atomic E-state index is 12.3. The lowest BCUT2D eigenvalue weighted by molar-refractivity contribution is -0.118. The Morgan fingerprint density at radius 3 is 2.31 bits per heavy atom. The third-order valence-electron chi connectivity index (χ3n) is 4.30. The van der Waals surface area contributed by atoms with Gasteiger partial charge in [-0.1, -0.05) is 34.1 Å². The van der Waals surface area contributed by atoms with Crippen molar-refractivity contribution < 1.29 is 29.3 Å². The number of aromatic amines is 1. The fourth-order valence-corrected chi connectivity index (χ4v) is 3.36. The maximum absolute atomic E-state index is 12.3. The Labute approximate surface area is 188 Å². The van der Waals surface area contributed by atoms with Crippen molar-refractivity contribution in [3.05, 3.63) is 74.5 Å². The third kappa shape index (κ3) is 4.78. The number of anilines is 2. The van der Waals surface area contributed by atoms with E-state index >= 15 is 0 Å². The van der Waals surface area contributed by atoms with Crippen LogP contribution in [0, 0.1) is 0 Å². The summed E-state index contributed by atoms with van der Waals surface area (Å²) in [4.78, 5) is 50.2. The van der Waals surface area contributed by atoms with Crippen molar-refractivity contribution >= 4 is 45.3 Å². The molecule has 0 spiro atoms. The number of nitrogen functional groups attached to an aromatic ring is 1. The number of aromatic carboxylic acids is 2. The molecule has 0 aliphatic rings. The molecule has 1 aromatic heterocycles. The summed E-state index contributed by atoms with van der Waals surface area (Å²) in [6.07, 6.45) is 0. The van der Waals surface area contributed by atoms with Gasteiger partial charge in [0.15, 0.2) is 6.61 Å². The number of halogens is 1. The zero-order valence-corrected chi connectivity index (χ0v) is 17.8. The second kappa shape index (κ2) is 9.35. The molecule has 0 bridgehead atoms. The fourth-order valence-electron chi connectivity index (χ4n) is 3.00. The number of rotatable bonds is 7. The van der Waals surface area contributed by atoms with Crippen LogP contribution in [-0.4, -0.2) is 39.6 Å². The van der Waals surface area contributed by atoms with Crippen LogP contribution in [-0.2, 0) is 4.79 Å². The lowest BCUT2D eigenvalue weighted by atomic mass is 9.94.